The van der Waals surface area contributed by atoms with Crippen LogP contribution in [-0.4, -0.2) is 42.4 Å². The predicted molar refractivity (Wildman–Crippen MR) is 133 cm³/mol. The number of rotatable bonds is 10. The van der Waals surface area contributed by atoms with Crippen LogP contribution in [-0.2, 0) is 6.54 Å². The summed E-state index contributed by atoms with van der Waals surface area (Å²) < 4.78 is 10.9. The molecule has 4 rings (SSSR count). The predicted octanol–water partition coefficient (Wildman–Crippen LogP) is 4.63. The Morgan fingerprint density at radius 1 is 1.06 bits per heavy atom. The SMILES string of the molecule is COc1cc2ncnc(NC(C)c3cc(-c4ccccc4CNCCO)cs3)c2cc1OC. The Morgan fingerprint density at radius 3 is 2.64 bits per heavy atom. The molecule has 0 amide bonds. The molecule has 0 aliphatic rings. The molecule has 1 atom stereocenters. The molecular weight excluding hydrogens is 436 g/mol. The second-order valence-corrected chi connectivity index (χ2v) is 8.55. The monoisotopic (exact) mass is 464 g/mol. The zero-order valence-corrected chi connectivity index (χ0v) is 19.8. The fourth-order valence-electron chi connectivity index (χ4n) is 3.75. The summed E-state index contributed by atoms with van der Waals surface area (Å²) in [4.78, 5) is 10.1. The molecule has 33 heavy (non-hydrogen) atoms. The summed E-state index contributed by atoms with van der Waals surface area (Å²) in [6.45, 7) is 3.55. The van der Waals surface area contributed by atoms with E-state index in [1.807, 2.05) is 18.2 Å². The van der Waals surface area contributed by atoms with Gasteiger partial charge in [0, 0.05) is 29.4 Å². The molecule has 0 saturated carbocycles. The Balaban J connectivity index is 1.58. The van der Waals surface area contributed by atoms with Gasteiger partial charge in [-0.25, -0.2) is 9.97 Å². The molecule has 2 aromatic carbocycles. The second kappa shape index (κ2) is 10.6. The third-order valence-corrected chi connectivity index (χ3v) is 6.59. The Kier molecular flexibility index (Phi) is 7.39. The maximum absolute atomic E-state index is 9.05. The number of aliphatic hydroxyl groups excluding tert-OH is 1. The zero-order chi connectivity index (χ0) is 23.2. The van der Waals surface area contributed by atoms with Crippen molar-refractivity contribution in [1.82, 2.24) is 15.3 Å². The van der Waals surface area contributed by atoms with Gasteiger partial charge >= 0.3 is 0 Å². The molecule has 0 spiro atoms. The van der Waals surface area contributed by atoms with Gasteiger partial charge < -0.3 is 25.2 Å². The van der Waals surface area contributed by atoms with Gasteiger partial charge in [-0.05, 0) is 41.1 Å². The van der Waals surface area contributed by atoms with Crippen molar-refractivity contribution in [2.45, 2.75) is 19.5 Å². The number of ether oxygens (including phenoxy) is 2. The number of hydrogen-bond donors (Lipinski definition) is 3. The Hall–Kier alpha value is -3.20. The minimum absolute atomic E-state index is 0.0506. The fraction of sp³-hybridized carbons (Fsp3) is 0.280. The van der Waals surface area contributed by atoms with Gasteiger partial charge in [0.25, 0.3) is 0 Å². The molecule has 7 nitrogen and oxygen atoms in total. The number of anilines is 1. The molecule has 8 heteroatoms. The van der Waals surface area contributed by atoms with E-state index in [1.54, 1.807) is 31.9 Å². The number of aliphatic hydroxyl groups is 1. The summed E-state index contributed by atoms with van der Waals surface area (Å²) in [6, 6.07) is 14.4. The van der Waals surface area contributed by atoms with Crippen LogP contribution in [0, 0.1) is 0 Å². The van der Waals surface area contributed by atoms with Gasteiger partial charge in [0.2, 0.25) is 0 Å². The second-order valence-electron chi connectivity index (χ2n) is 7.61. The topological polar surface area (TPSA) is 88.5 Å². The van der Waals surface area contributed by atoms with Crippen LogP contribution in [0.3, 0.4) is 0 Å². The average Bonchev–Trinajstić information content (AvgIpc) is 3.34. The molecule has 0 bridgehead atoms. The average molecular weight is 465 g/mol. The van der Waals surface area contributed by atoms with E-state index in [9.17, 15) is 0 Å². The largest absolute Gasteiger partial charge is 0.493 e. The van der Waals surface area contributed by atoms with E-state index in [0.29, 0.717) is 24.6 Å². The van der Waals surface area contributed by atoms with Gasteiger partial charge in [-0.15, -0.1) is 11.3 Å². The molecule has 0 radical (unpaired) electrons. The first-order valence-electron chi connectivity index (χ1n) is 10.8. The van der Waals surface area contributed by atoms with E-state index in [1.165, 1.54) is 21.6 Å². The highest BCUT2D eigenvalue weighted by Gasteiger charge is 2.15. The van der Waals surface area contributed by atoms with Crippen LogP contribution in [0.25, 0.3) is 22.0 Å². The van der Waals surface area contributed by atoms with Crippen LogP contribution < -0.4 is 20.1 Å². The van der Waals surface area contributed by atoms with Crippen molar-refractivity contribution < 1.29 is 14.6 Å². The molecule has 0 fully saturated rings. The number of aromatic nitrogens is 2. The highest BCUT2D eigenvalue weighted by Crippen LogP contribution is 2.36. The normalized spacial score (nSPS) is 12.0. The first-order chi connectivity index (χ1) is 16.1. The highest BCUT2D eigenvalue weighted by atomic mass is 32.1. The minimum Gasteiger partial charge on any atom is -0.493 e. The van der Waals surface area contributed by atoms with Crippen molar-refractivity contribution in [3.05, 3.63) is 64.6 Å². The Bertz CT molecular complexity index is 1230. The first kappa shape index (κ1) is 23.0. The number of hydrogen-bond acceptors (Lipinski definition) is 8. The van der Waals surface area contributed by atoms with Gasteiger partial charge in [-0.1, -0.05) is 24.3 Å². The van der Waals surface area contributed by atoms with Crippen LogP contribution in [0.2, 0.25) is 0 Å². The molecule has 0 aliphatic heterocycles. The number of methoxy groups -OCH3 is 2. The van der Waals surface area contributed by atoms with E-state index < -0.39 is 0 Å². The first-order valence-corrected chi connectivity index (χ1v) is 11.6. The molecule has 2 aromatic heterocycles. The van der Waals surface area contributed by atoms with Gasteiger partial charge in [0.05, 0.1) is 32.4 Å². The number of thiophene rings is 1. The van der Waals surface area contributed by atoms with Crippen LogP contribution in [0.1, 0.15) is 23.4 Å². The molecule has 3 N–H and O–H groups in total. The van der Waals surface area contributed by atoms with Gasteiger partial charge in [0.15, 0.2) is 11.5 Å². The van der Waals surface area contributed by atoms with Crippen LogP contribution in [0.15, 0.2) is 54.2 Å². The lowest BCUT2D eigenvalue weighted by atomic mass is 10.0. The molecule has 172 valence electrons. The Morgan fingerprint density at radius 2 is 1.85 bits per heavy atom. The third-order valence-electron chi connectivity index (χ3n) is 5.47. The summed E-state index contributed by atoms with van der Waals surface area (Å²) >= 11 is 1.72. The fourth-order valence-corrected chi connectivity index (χ4v) is 4.67. The van der Waals surface area contributed by atoms with Gasteiger partial charge in [-0.3, -0.25) is 0 Å². The van der Waals surface area contributed by atoms with Crippen molar-refractivity contribution in [2.75, 3.05) is 32.7 Å². The summed E-state index contributed by atoms with van der Waals surface area (Å²) in [7, 11) is 3.23. The van der Waals surface area contributed by atoms with Crippen molar-refractivity contribution in [3.8, 4) is 22.6 Å². The van der Waals surface area contributed by atoms with E-state index in [0.717, 1.165) is 16.7 Å². The van der Waals surface area contributed by atoms with Crippen LogP contribution >= 0.6 is 11.3 Å². The summed E-state index contributed by atoms with van der Waals surface area (Å²) in [6.07, 6.45) is 1.55. The molecule has 2 heterocycles. The maximum Gasteiger partial charge on any atom is 0.162 e. The third kappa shape index (κ3) is 5.08. The lowest BCUT2D eigenvalue weighted by molar-refractivity contribution is 0.292. The molecule has 4 aromatic rings. The zero-order valence-electron chi connectivity index (χ0n) is 19.0. The van der Waals surface area contributed by atoms with Crippen molar-refractivity contribution in [2.24, 2.45) is 0 Å². The molecular formula is C25H28N4O3S. The number of fused-ring (bicyclic) bond motifs is 1. The number of nitrogens with zero attached hydrogens (tertiary/aromatic N) is 2. The molecule has 0 aliphatic carbocycles. The lowest BCUT2D eigenvalue weighted by Gasteiger charge is -2.16. The maximum atomic E-state index is 9.05. The van der Waals surface area contributed by atoms with Crippen molar-refractivity contribution in [1.29, 1.82) is 0 Å². The van der Waals surface area contributed by atoms with Gasteiger partial charge in [0.1, 0.15) is 12.1 Å². The molecule has 0 saturated heterocycles. The lowest BCUT2D eigenvalue weighted by Crippen LogP contribution is -2.17. The standard InChI is InChI=1S/C25H28N4O3S/c1-16(29-25-20-11-22(31-2)23(32-3)12-21(20)27-15-28-25)24-10-18(14-33-24)19-7-5-4-6-17(19)13-26-8-9-30/h4-7,10-12,14-16,26,30H,8-9,13H2,1-3H3,(H,27,28,29). The summed E-state index contributed by atoms with van der Waals surface area (Å²) in [5, 5.41) is 18.9. The van der Waals surface area contributed by atoms with Gasteiger partial charge in [-0.2, -0.15) is 0 Å². The van der Waals surface area contributed by atoms with Crippen molar-refractivity contribution in [3.63, 3.8) is 0 Å². The van der Waals surface area contributed by atoms with E-state index in [2.05, 4.69) is 57.2 Å². The highest BCUT2D eigenvalue weighted by molar-refractivity contribution is 7.10. The number of benzene rings is 2. The van der Waals surface area contributed by atoms with Crippen LogP contribution in [0.4, 0.5) is 5.82 Å². The van der Waals surface area contributed by atoms with Crippen molar-refractivity contribution >= 4 is 28.1 Å². The van der Waals surface area contributed by atoms with Crippen LogP contribution in [0.5, 0.6) is 11.5 Å². The summed E-state index contributed by atoms with van der Waals surface area (Å²) in [5.41, 5.74) is 4.37. The smallest absolute Gasteiger partial charge is 0.162 e. The minimum atomic E-state index is 0.0506. The molecule has 1 unspecified atom stereocenters. The quantitative estimate of drug-likeness (QED) is 0.295. The number of nitrogens with one attached hydrogen (secondary N) is 2. The van der Waals surface area contributed by atoms with E-state index in [4.69, 9.17) is 14.6 Å². The van der Waals surface area contributed by atoms with E-state index >= 15 is 0 Å². The summed E-state index contributed by atoms with van der Waals surface area (Å²) in [5.74, 6) is 2.02. The Labute approximate surface area is 197 Å². The van der Waals surface area contributed by atoms with E-state index in [-0.39, 0.29) is 12.6 Å².